The molecule has 0 spiro atoms. The van der Waals surface area contributed by atoms with Crippen LogP contribution >= 0.6 is 11.8 Å². The number of hydrogen-bond acceptors (Lipinski definition) is 3. The summed E-state index contributed by atoms with van der Waals surface area (Å²) < 4.78 is 51.0. The smallest absolute Gasteiger partial charge is 0.389 e. The summed E-state index contributed by atoms with van der Waals surface area (Å²) in [6.07, 6.45) is -4.52. The maximum absolute atomic E-state index is 13.8. The van der Waals surface area contributed by atoms with Crippen LogP contribution in [-0.4, -0.2) is 10.1 Å². The molecule has 2 rings (SSSR count). The number of nitrogens with zero attached hydrogens (tertiary/aromatic N) is 1. The molecular weight excluding hydrogens is 306 g/mol. The summed E-state index contributed by atoms with van der Waals surface area (Å²) in [7, 11) is 0. The van der Waals surface area contributed by atoms with E-state index in [9.17, 15) is 22.7 Å². The average molecular weight is 317 g/mol. The number of aromatic nitrogens is 1. The molecule has 1 heterocycles. The van der Waals surface area contributed by atoms with E-state index in [1.54, 1.807) is 6.07 Å². The highest BCUT2D eigenvalue weighted by molar-refractivity contribution is 7.99. The molecule has 0 saturated carbocycles. The molecule has 112 valence electrons. The zero-order valence-electron chi connectivity index (χ0n) is 10.9. The molecule has 0 aliphatic carbocycles. The molecule has 21 heavy (non-hydrogen) atoms. The Balaban J connectivity index is 2.19. The van der Waals surface area contributed by atoms with Crippen LogP contribution in [0.15, 0.2) is 46.5 Å². The molecule has 0 amide bonds. The van der Waals surface area contributed by atoms with E-state index in [1.807, 2.05) is 0 Å². The van der Waals surface area contributed by atoms with Crippen molar-refractivity contribution in [3.63, 3.8) is 0 Å². The van der Waals surface area contributed by atoms with Crippen molar-refractivity contribution < 1.29 is 22.7 Å². The Hall–Kier alpha value is -1.60. The second kappa shape index (κ2) is 6.03. The van der Waals surface area contributed by atoms with Gasteiger partial charge in [-0.2, -0.15) is 13.2 Å². The standard InChI is InChI=1S/C14H11F4NOS/c1-8(20)9-2-4-12(11(15)6-9)21-13-5-3-10(7-19-13)14(16,17)18/h2-8,20H,1H3/t8-/m0/s1. The van der Waals surface area contributed by atoms with E-state index in [4.69, 9.17) is 0 Å². The van der Waals surface area contributed by atoms with Crippen molar-refractivity contribution in [3.05, 3.63) is 53.5 Å². The van der Waals surface area contributed by atoms with Gasteiger partial charge in [-0.3, -0.25) is 0 Å². The number of rotatable bonds is 3. The topological polar surface area (TPSA) is 33.1 Å². The number of pyridine rings is 1. The minimum atomic E-state index is -4.44. The van der Waals surface area contributed by atoms with Crippen LogP contribution in [0.2, 0.25) is 0 Å². The van der Waals surface area contributed by atoms with Crippen molar-refractivity contribution in [2.45, 2.75) is 29.1 Å². The maximum Gasteiger partial charge on any atom is 0.417 e. The summed E-state index contributed by atoms with van der Waals surface area (Å²) in [4.78, 5) is 3.89. The van der Waals surface area contributed by atoms with E-state index in [0.29, 0.717) is 11.8 Å². The van der Waals surface area contributed by atoms with Crippen LogP contribution in [0.5, 0.6) is 0 Å². The Labute approximate surface area is 122 Å². The van der Waals surface area contributed by atoms with Gasteiger partial charge >= 0.3 is 6.18 Å². The minimum Gasteiger partial charge on any atom is -0.389 e. The fourth-order valence-corrected chi connectivity index (χ4v) is 2.34. The molecule has 7 heteroatoms. The lowest BCUT2D eigenvalue weighted by Gasteiger charge is -2.09. The van der Waals surface area contributed by atoms with Crippen molar-refractivity contribution >= 4 is 11.8 Å². The molecule has 1 aromatic heterocycles. The summed E-state index contributed by atoms with van der Waals surface area (Å²) in [5, 5.41) is 9.60. The number of benzene rings is 1. The molecule has 1 aromatic carbocycles. The number of hydrogen-bond donors (Lipinski definition) is 1. The highest BCUT2D eigenvalue weighted by atomic mass is 32.2. The first-order valence-electron chi connectivity index (χ1n) is 5.96. The van der Waals surface area contributed by atoms with E-state index in [-0.39, 0.29) is 9.92 Å². The molecule has 0 aliphatic heterocycles. The van der Waals surface area contributed by atoms with Gasteiger partial charge in [-0.05, 0) is 36.8 Å². The normalized spacial score (nSPS) is 13.2. The lowest BCUT2D eigenvalue weighted by molar-refractivity contribution is -0.137. The number of alkyl halides is 3. The molecule has 0 saturated heterocycles. The van der Waals surface area contributed by atoms with E-state index in [2.05, 4.69) is 4.98 Å². The molecule has 0 radical (unpaired) electrons. The van der Waals surface area contributed by atoms with Gasteiger partial charge in [-0.1, -0.05) is 17.8 Å². The molecule has 1 atom stereocenters. The molecule has 0 bridgehead atoms. The Kier molecular flexibility index (Phi) is 4.53. The second-order valence-corrected chi connectivity index (χ2v) is 5.41. The maximum atomic E-state index is 13.8. The number of aliphatic hydroxyl groups excluding tert-OH is 1. The lowest BCUT2D eigenvalue weighted by atomic mass is 10.1. The number of halogens is 4. The van der Waals surface area contributed by atoms with Crippen LogP contribution in [0.3, 0.4) is 0 Å². The largest absolute Gasteiger partial charge is 0.417 e. The van der Waals surface area contributed by atoms with Crippen LogP contribution in [0.1, 0.15) is 24.2 Å². The van der Waals surface area contributed by atoms with Crippen molar-refractivity contribution in [2.75, 3.05) is 0 Å². The third kappa shape index (κ3) is 3.95. The van der Waals surface area contributed by atoms with Gasteiger partial charge in [0.25, 0.3) is 0 Å². The number of aliphatic hydroxyl groups is 1. The van der Waals surface area contributed by atoms with Crippen LogP contribution < -0.4 is 0 Å². The Morgan fingerprint density at radius 1 is 1.19 bits per heavy atom. The first-order chi connectivity index (χ1) is 9.77. The van der Waals surface area contributed by atoms with Crippen LogP contribution in [0.25, 0.3) is 0 Å². The van der Waals surface area contributed by atoms with Crippen molar-refractivity contribution in [2.24, 2.45) is 0 Å². The van der Waals surface area contributed by atoms with Crippen molar-refractivity contribution in [3.8, 4) is 0 Å². The summed E-state index contributed by atoms with van der Waals surface area (Å²) >= 11 is 0.919. The summed E-state index contributed by atoms with van der Waals surface area (Å²) in [5.74, 6) is -0.555. The molecule has 0 unspecified atom stereocenters. The van der Waals surface area contributed by atoms with E-state index in [1.165, 1.54) is 25.1 Å². The lowest BCUT2D eigenvalue weighted by Crippen LogP contribution is -2.05. The third-order valence-corrected chi connectivity index (χ3v) is 3.72. The van der Waals surface area contributed by atoms with Crippen molar-refractivity contribution in [1.82, 2.24) is 4.98 Å². The van der Waals surface area contributed by atoms with Gasteiger partial charge in [-0.25, -0.2) is 9.37 Å². The Bertz CT molecular complexity index is 626. The monoisotopic (exact) mass is 317 g/mol. The van der Waals surface area contributed by atoms with E-state index in [0.717, 1.165) is 17.8 Å². The zero-order chi connectivity index (χ0) is 15.6. The molecule has 2 nitrogen and oxygen atoms in total. The molecule has 2 aromatic rings. The third-order valence-electron chi connectivity index (χ3n) is 2.72. The fourth-order valence-electron chi connectivity index (χ4n) is 1.58. The molecular formula is C14H11F4NOS. The molecule has 0 fully saturated rings. The summed E-state index contributed by atoms with van der Waals surface area (Å²) in [5.41, 5.74) is -0.422. The minimum absolute atomic E-state index is 0.228. The van der Waals surface area contributed by atoms with Gasteiger partial charge in [0.15, 0.2) is 0 Å². The van der Waals surface area contributed by atoms with Crippen LogP contribution in [-0.2, 0) is 6.18 Å². The quantitative estimate of drug-likeness (QED) is 0.849. The highest BCUT2D eigenvalue weighted by Crippen LogP contribution is 2.33. The average Bonchev–Trinajstić information content (AvgIpc) is 2.40. The SMILES string of the molecule is C[C@H](O)c1ccc(Sc2ccc(C(F)(F)F)cn2)c(F)c1. The fraction of sp³-hybridized carbons (Fsp3) is 0.214. The van der Waals surface area contributed by atoms with Crippen molar-refractivity contribution in [1.29, 1.82) is 0 Å². The second-order valence-electron chi connectivity index (χ2n) is 4.35. The molecule has 1 N–H and O–H groups in total. The van der Waals surface area contributed by atoms with Gasteiger partial charge in [0.05, 0.1) is 11.7 Å². The Morgan fingerprint density at radius 3 is 2.38 bits per heavy atom. The van der Waals surface area contributed by atoms with Gasteiger partial charge < -0.3 is 5.11 Å². The highest BCUT2D eigenvalue weighted by Gasteiger charge is 2.30. The van der Waals surface area contributed by atoms with E-state index < -0.39 is 23.7 Å². The first kappa shape index (κ1) is 15.8. The summed E-state index contributed by atoms with van der Waals surface area (Å²) in [6.45, 7) is 1.51. The Morgan fingerprint density at radius 2 is 1.90 bits per heavy atom. The van der Waals surface area contributed by atoms with E-state index >= 15 is 0 Å². The van der Waals surface area contributed by atoms with Gasteiger partial charge in [-0.15, -0.1) is 0 Å². The van der Waals surface area contributed by atoms with Crippen LogP contribution in [0, 0.1) is 5.82 Å². The molecule has 0 aliphatic rings. The van der Waals surface area contributed by atoms with Gasteiger partial charge in [0.1, 0.15) is 10.8 Å². The predicted molar refractivity (Wildman–Crippen MR) is 70.4 cm³/mol. The zero-order valence-corrected chi connectivity index (χ0v) is 11.7. The van der Waals surface area contributed by atoms with Gasteiger partial charge in [0, 0.05) is 11.1 Å². The van der Waals surface area contributed by atoms with Crippen LogP contribution in [0.4, 0.5) is 17.6 Å². The predicted octanol–water partition coefficient (Wildman–Crippen LogP) is 4.44. The first-order valence-corrected chi connectivity index (χ1v) is 6.77. The summed E-state index contributed by atoms with van der Waals surface area (Å²) in [6, 6.07) is 6.30. The van der Waals surface area contributed by atoms with Gasteiger partial charge in [0.2, 0.25) is 0 Å².